The number of hydrogen-bond acceptors (Lipinski definition) is 15. The van der Waals surface area contributed by atoms with E-state index in [0.29, 0.717) is 17.0 Å². The fraction of sp³-hybridized carbons (Fsp3) is 0.698. The number of hydrogen-bond donors (Lipinski definition) is 2. The number of rotatable bonds is 10. The minimum Gasteiger partial charge on any atom is -0.458 e. The second kappa shape index (κ2) is 19.0. The quantitative estimate of drug-likeness (QED) is 0.198. The summed E-state index contributed by atoms with van der Waals surface area (Å²) in [6.45, 7) is 13.5. The Labute approximate surface area is 351 Å². The van der Waals surface area contributed by atoms with Gasteiger partial charge in [0.15, 0.2) is 17.7 Å². The number of ketones is 2. The van der Waals surface area contributed by atoms with Gasteiger partial charge in [-0.3, -0.25) is 29.0 Å². The topological polar surface area (TPSA) is 193 Å². The average Bonchev–Trinajstić information content (AvgIpc) is 3.47. The summed E-state index contributed by atoms with van der Waals surface area (Å²) < 4.78 is 31.1. The lowest BCUT2D eigenvalue weighted by Crippen LogP contribution is -2.59. The summed E-state index contributed by atoms with van der Waals surface area (Å²) in [6, 6.07) is 7.11. The third-order valence-electron chi connectivity index (χ3n) is 12.8. The summed E-state index contributed by atoms with van der Waals surface area (Å²) in [5, 5.41) is 14.9. The Morgan fingerprint density at radius 2 is 1.69 bits per heavy atom. The van der Waals surface area contributed by atoms with Crippen molar-refractivity contribution in [1.82, 2.24) is 20.2 Å². The second-order valence-electron chi connectivity index (χ2n) is 17.2. The van der Waals surface area contributed by atoms with Crippen molar-refractivity contribution < 1.29 is 52.8 Å². The van der Waals surface area contributed by atoms with Crippen molar-refractivity contribution in [3.63, 3.8) is 0 Å². The van der Waals surface area contributed by atoms with Gasteiger partial charge >= 0.3 is 11.9 Å². The molecule has 14 atom stereocenters. The van der Waals surface area contributed by atoms with E-state index in [0.717, 1.165) is 5.52 Å². The lowest BCUT2D eigenvalue weighted by molar-refractivity contribution is -0.295. The number of carbonyl (C=O) groups excluding carboxylic acids is 5. The van der Waals surface area contributed by atoms with Crippen LogP contribution in [-0.2, 0) is 47.7 Å². The molecule has 2 aromatic rings. The van der Waals surface area contributed by atoms with E-state index in [2.05, 4.69) is 15.3 Å². The molecule has 3 aliphatic heterocycles. The number of benzene rings is 1. The molecule has 3 saturated heterocycles. The van der Waals surface area contributed by atoms with Crippen molar-refractivity contribution in [3.05, 3.63) is 30.5 Å². The van der Waals surface area contributed by atoms with Gasteiger partial charge in [-0.1, -0.05) is 51.6 Å². The van der Waals surface area contributed by atoms with Gasteiger partial charge in [0.25, 0.3) is 0 Å². The Balaban J connectivity index is 1.44. The Kier molecular flexibility index (Phi) is 15.0. The third kappa shape index (κ3) is 9.83. The maximum atomic E-state index is 14.7. The molecule has 0 aliphatic carbocycles. The lowest BCUT2D eigenvalue weighted by Gasteiger charge is -2.47. The van der Waals surface area contributed by atoms with Gasteiger partial charge in [0.1, 0.15) is 28.9 Å². The van der Waals surface area contributed by atoms with Crippen molar-refractivity contribution in [1.29, 1.82) is 0 Å². The van der Waals surface area contributed by atoms with Crippen LogP contribution in [0.2, 0.25) is 0 Å². The first-order valence-electron chi connectivity index (χ1n) is 20.6. The number of cyclic esters (lactones) is 1. The Morgan fingerprint density at radius 1 is 1.02 bits per heavy atom. The first kappa shape index (κ1) is 46.5. The van der Waals surface area contributed by atoms with Crippen LogP contribution in [0.3, 0.4) is 0 Å². The van der Waals surface area contributed by atoms with Crippen LogP contribution in [0.4, 0.5) is 0 Å². The largest absolute Gasteiger partial charge is 0.458 e. The molecule has 59 heavy (non-hydrogen) atoms. The molecular formula is C43H62N4O11S. The minimum absolute atomic E-state index is 0.00173. The van der Waals surface area contributed by atoms with E-state index in [4.69, 9.17) is 23.7 Å². The number of fused-ring (bicyclic) bond motifs is 2. The van der Waals surface area contributed by atoms with Gasteiger partial charge in [-0.05, 0) is 73.2 Å². The first-order valence-corrected chi connectivity index (χ1v) is 21.6. The Bertz CT molecular complexity index is 1870. The molecule has 2 N–H and O–H groups in total. The molecule has 16 heteroatoms. The molecule has 5 rings (SSSR count). The zero-order valence-electron chi connectivity index (χ0n) is 36.1. The van der Waals surface area contributed by atoms with Gasteiger partial charge in [0.2, 0.25) is 5.91 Å². The smallest absolute Gasteiger partial charge is 0.316 e. The SMILES string of the molecule is CC[C@H]1OC(=O)[C@H](C)C(=O)C(C)[C@@H](O[C@@H]2O[C@H](C)C[C@H](N(C)C)[C@H]2O)[C@](C)(OC)C[C@@H](C)C(=O)[C@H](C)[C@H]2C(CNC(=O)CSc3cnc4ccccc4n3)C(=O)O[C@@]21C. The van der Waals surface area contributed by atoms with E-state index in [1.54, 1.807) is 47.7 Å². The summed E-state index contributed by atoms with van der Waals surface area (Å²) in [5.74, 6) is -8.14. The van der Waals surface area contributed by atoms with E-state index in [1.165, 1.54) is 25.8 Å². The number of amides is 1. The number of Topliss-reactive ketones (excluding diaryl/α,β-unsaturated/α-hetero) is 2. The van der Waals surface area contributed by atoms with Gasteiger partial charge in [0, 0.05) is 43.4 Å². The molecule has 4 heterocycles. The maximum Gasteiger partial charge on any atom is 0.316 e. The van der Waals surface area contributed by atoms with Crippen molar-refractivity contribution >= 4 is 52.2 Å². The highest BCUT2D eigenvalue weighted by atomic mass is 32.2. The molecule has 2 unspecified atom stereocenters. The van der Waals surface area contributed by atoms with Gasteiger partial charge in [-0.25, -0.2) is 4.98 Å². The summed E-state index contributed by atoms with van der Waals surface area (Å²) in [5.41, 5.74) is -1.36. The third-order valence-corrected chi connectivity index (χ3v) is 13.7. The number of aliphatic hydroxyl groups is 1. The van der Waals surface area contributed by atoms with E-state index >= 15 is 0 Å². The molecule has 0 bridgehead atoms. The van der Waals surface area contributed by atoms with E-state index in [9.17, 15) is 29.1 Å². The predicted octanol–water partition coefficient (Wildman–Crippen LogP) is 4.01. The van der Waals surface area contributed by atoms with Crippen molar-refractivity contribution in [2.24, 2.45) is 35.5 Å². The molecule has 3 aliphatic rings. The van der Waals surface area contributed by atoms with Crippen molar-refractivity contribution in [2.75, 3.05) is 33.5 Å². The van der Waals surface area contributed by atoms with Gasteiger partial charge in [-0.2, -0.15) is 0 Å². The number of esters is 2. The molecule has 0 saturated carbocycles. The zero-order chi connectivity index (χ0) is 43.6. The maximum absolute atomic E-state index is 14.7. The fourth-order valence-electron chi connectivity index (χ4n) is 9.41. The van der Waals surface area contributed by atoms with Crippen LogP contribution in [0.15, 0.2) is 35.5 Å². The average molecular weight is 843 g/mol. The highest BCUT2D eigenvalue weighted by Gasteiger charge is 2.61. The van der Waals surface area contributed by atoms with Gasteiger partial charge in [-0.15, -0.1) is 0 Å². The van der Waals surface area contributed by atoms with E-state index < -0.39 is 89.0 Å². The Morgan fingerprint density at radius 3 is 2.34 bits per heavy atom. The monoisotopic (exact) mass is 842 g/mol. The molecule has 1 amide bonds. The number of ether oxygens (including phenoxy) is 5. The number of thioether (sulfide) groups is 1. The number of nitrogens with one attached hydrogen (secondary N) is 1. The number of carbonyl (C=O) groups is 5. The minimum atomic E-state index is -1.48. The van der Waals surface area contributed by atoms with Crippen LogP contribution in [0, 0.1) is 35.5 Å². The fourth-order valence-corrected chi connectivity index (χ4v) is 10.1. The molecular weight excluding hydrogens is 781 g/mol. The number of likely N-dealkylation sites (N-methyl/N-ethyl adjacent to an activating group) is 1. The highest BCUT2D eigenvalue weighted by molar-refractivity contribution is 7.99. The number of aliphatic hydroxyl groups excluding tert-OH is 1. The van der Waals surface area contributed by atoms with E-state index in [-0.39, 0.29) is 49.0 Å². The Hall–Kier alpha value is -3.54. The highest BCUT2D eigenvalue weighted by Crippen LogP contribution is 2.48. The number of aromatic nitrogens is 2. The molecule has 0 radical (unpaired) electrons. The van der Waals surface area contributed by atoms with Crippen molar-refractivity contribution in [3.8, 4) is 0 Å². The summed E-state index contributed by atoms with van der Waals surface area (Å²) in [4.78, 5) is 80.9. The van der Waals surface area contributed by atoms with Crippen LogP contribution in [0.5, 0.6) is 0 Å². The van der Waals surface area contributed by atoms with Gasteiger partial charge < -0.3 is 39.0 Å². The number of methoxy groups -OCH3 is 1. The lowest BCUT2D eigenvalue weighted by atomic mass is 9.67. The molecule has 15 nitrogen and oxygen atoms in total. The molecule has 326 valence electrons. The summed E-state index contributed by atoms with van der Waals surface area (Å²) in [7, 11) is 5.18. The molecule has 3 fully saturated rings. The molecule has 0 spiro atoms. The molecule has 1 aromatic heterocycles. The van der Waals surface area contributed by atoms with Crippen LogP contribution < -0.4 is 5.32 Å². The van der Waals surface area contributed by atoms with E-state index in [1.807, 2.05) is 50.2 Å². The number of nitrogens with zero attached hydrogens (tertiary/aromatic N) is 3. The summed E-state index contributed by atoms with van der Waals surface area (Å²) in [6.07, 6.45) is -2.18. The van der Waals surface area contributed by atoms with Gasteiger partial charge in [0.05, 0.1) is 46.7 Å². The first-order chi connectivity index (χ1) is 27.8. The normalized spacial score (nSPS) is 37.4. The van der Waals surface area contributed by atoms with Crippen LogP contribution in [-0.4, -0.2) is 131 Å². The van der Waals surface area contributed by atoms with Crippen LogP contribution in [0.25, 0.3) is 11.0 Å². The van der Waals surface area contributed by atoms with Crippen LogP contribution >= 0.6 is 11.8 Å². The standard InChI is InChI=1S/C43H62N4O11S/c1-12-31-43(8)34(27(40(53)58-43)19-45-32(48)21-59-33-20-44-28-15-13-14-16-29(28)46-33)24(4)35(49)22(2)18-42(7,54-11)38(25(5)36(50)26(6)39(52)56-31)57-41-37(51)30(47(9)10)17-23(3)55-41/h13-16,20,22-27,30-31,34,37-38,41,51H,12,17-19,21H2,1-11H3,(H,45,48)/t22-,23-,24-,25?,26-,27?,30+,31-,34+,37-,38-,41+,42-,43-/m1/s1. The molecule has 1 aromatic carbocycles. The van der Waals surface area contributed by atoms with Crippen molar-refractivity contribution in [2.45, 2.75) is 128 Å². The number of para-hydroxylation sites is 2. The van der Waals surface area contributed by atoms with Crippen LogP contribution in [0.1, 0.15) is 74.7 Å². The summed E-state index contributed by atoms with van der Waals surface area (Å²) >= 11 is 1.20. The zero-order valence-corrected chi connectivity index (χ0v) is 36.9. The predicted molar refractivity (Wildman–Crippen MR) is 219 cm³/mol. The second-order valence-corrected chi connectivity index (χ2v) is 18.2.